The van der Waals surface area contributed by atoms with E-state index in [1.807, 2.05) is 38.1 Å². The summed E-state index contributed by atoms with van der Waals surface area (Å²) in [7, 11) is 0. The van der Waals surface area contributed by atoms with Crippen LogP contribution >= 0.6 is 0 Å². The van der Waals surface area contributed by atoms with E-state index in [0.29, 0.717) is 6.54 Å². The summed E-state index contributed by atoms with van der Waals surface area (Å²) in [6, 6.07) is 10.9. The average Bonchev–Trinajstić information content (AvgIpc) is 2.59. The van der Waals surface area contributed by atoms with Crippen LogP contribution in [0.5, 0.6) is 0 Å². The summed E-state index contributed by atoms with van der Waals surface area (Å²) in [5, 5.41) is 7.20. The molecule has 128 valence electrons. The highest BCUT2D eigenvalue weighted by atomic mass is 16.2. The van der Waals surface area contributed by atoms with Gasteiger partial charge in [-0.1, -0.05) is 50.1 Å². The van der Waals surface area contributed by atoms with Crippen molar-refractivity contribution in [3.63, 3.8) is 0 Å². The second kappa shape index (κ2) is 8.43. The van der Waals surface area contributed by atoms with Crippen molar-refractivity contribution in [3.8, 4) is 0 Å². The Morgan fingerprint density at radius 1 is 1.17 bits per heavy atom. The first-order valence-corrected chi connectivity index (χ1v) is 8.50. The summed E-state index contributed by atoms with van der Waals surface area (Å²) in [5.74, 6) is -0.257. The molecule has 1 atom stereocenters. The number of carbonyl (C=O) groups excluding carboxylic acids is 1. The van der Waals surface area contributed by atoms with Gasteiger partial charge in [-0.2, -0.15) is 5.10 Å². The number of amides is 1. The van der Waals surface area contributed by atoms with Crippen molar-refractivity contribution >= 4 is 5.91 Å². The van der Waals surface area contributed by atoms with Crippen LogP contribution in [0.4, 0.5) is 0 Å². The van der Waals surface area contributed by atoms with Crippen LogP contribution in [-0.2, 0) is 6.54 Å². The Balaban J connectivity index is 2.15. The Morgan fingerprint density at radius 2 is 1.88 bits per heavy atom. The van der Waals surface area contributed by atoms with Crippen LogP contribution in [0.15, 0.2) is 41.2 Å². The smallest absolute Gasteiger partial charge is 0.272 e. The number of rotatable bonds is 7. The van der Waals surface area contributed by atoms with Gasteiger partial charge >= 0.3 is 0 Å². The number of aromatic nitrogens is 2. The molecular formula is C19H25N3O2. The number of nitrogens with one attached hydrogen (secondary N) is 1. The van der Waals surface area contributed by atoms with Crippen LogP contribution < -0.4 is 10.9 Å². The fourth-order valence-electron chi connectivity index (χ4n) is 2.49. The van der Waals surface area contributed by atoms with Crippen LogP contribution in [0.1, 0.15) is 60.8 Å². The SMILES string of the molecule is CCCCn1nc(C(=O)NC(CC)c2ccc(C)cc2)ccc1=O. The van der Waals surface area contributed by atoms with Crippen molar-refractivity contribution in [1.82, 2.24) is 15.1 Å². The minimum absolute atomic E-state index is 0.0732. The first kappa shape index (κ1) is 17.9. The molecule has 0 fully saturated rings. The van der Waals surface area contributed by atoms with Crippen LogP contribution in [0.3, 0.4) is 0 Å². The highest BCUT2D eigenvalue weighted by Gasteiger charge is 2.16. The Labute approximate surface area is 142 Å². The fraction of sp³-hybridized carbons (Fsp3) is 0.421. The van der Waals surface area contributed by atoms with Crippen molar-refractivity contribution < 1.29 is 4.79 Å². The van der Waals surface area contributed by atoms with E-state index in [9.17, 15) is 9.59 Å². The molecule has 5 heteroatoms. The van der Waals surface area contributed by atoms with Crippen molar-refractivity contribution in [1.29, 1.82) is 0 Å². The van der Waals surface area contributed by atoms with E-state index in [4.69, 9.17) is 0 Å². The van der Waals surface area contributed by atoms with Gasteiger partial charge in [0.15, 0.2) is 0 Å². The van der Waals surface area contributed by atoms with E-state index in [0.717, 1.165) is 24.8 Å². The normalized spacial score (nSPS) is 12.0. The standard InChI is InChI=1S/C19H25N3O2/c1-4-6-13-22-18(23)12-11-17(21-22)19(24)20-16(5-2)15-9-7-14(3)8-10-15/h7-12,16H,4-6,13H2,1-3H3,(H,20,24). The number of hydrogen-bond acceptors (Lipinski definition) is 3. The van der Waals surface area contributed by atoms with Crippen LogP contribution in [-0.4, -0.2) is 15.7 Å². The van der Waals surface area contributed by atoms with E-state index >= 15 is 0 Å². The third kappa shape index (κ3) is 4.54. The minimum Gasteiger partial charge on any atom is -0.344 e. The molecule has 2 rings (SSSR count). The molecule has 0 spiro atoms. The summed E-state index contributed by atoms with van der Waals surface area (Å²) < 4.78 is 1.37. The molecule has 1 aromatic carbocycles. The van der Waals surface area contributed by atoms with E-state index in [2.05, 4.69) is 17.3 Å². The van der Waals surface area contributed by atoms with Crippen molar-refractivity contribution in [2.24, 2.45) is 0 Å². The lowest BCUT2D eigenvalue weighted by atomic mass is 10.0. The van der Waals surface area contributed by atoms with E-state index in [-0.39, 0.29) is 23.2 Å². The lowest BCUT2D eigenvalue weighted by Crippen LogP contribution is -2.32. The number of unbranched alkanes of at least 4 members (excludes halogenated alkanes) is 1. The van der Waals surface area contributed by atoms with Gasteiger partial charge in [-0.25, -0.2) is 4.68 Å². The van der Waals surface area contributed by atoms with Crippen molar-refractivity contribution in [3.05, 3.63) is 63.6 Å². The first-order chi connectivity index (χ1) is 11.5. The van der Waals surface area contributed by atoms with Gasteiger partial charge in [-0.05, 0) is 31.4 Å². The third-order valence-corrected chi connectivity index (χ3v) is 4.02. The molecule has 1 N–H and O–H groups in total. The summed E-state index contributed by atoms with van der Waals surface area (Å²) in [6.45, 7) is 6.65. The first-order valence-electron chi connectivity index (χ1n) is 8.50. The largest absolute Gasteiger partial charge is 0.344 e. The van der Waals surface area contributed by atoms with Crippen molar-refractivity contribution in [2.45, 2.75) is 52.6 Å². The minimum atomic E-state index is -0.257. The van der Waals surface area contributed by atoms with Gasteiger partial charge in [-0.15, -0.1) is 0 Å². The molecule has 0 aliphatic rings. The molecule has 5 nitrogen and oxygen atoms in total. The van der Waals surface area contributed by atoms with Crippen LogP contribution in [0, 0.1) is 6.92 Å². The molecule has 2 aromatic rings. The summed E-state index contributed by atoms with van der Waals surface area (Å²) in [6.07, 6.45) is 2.61. The predicted octanol–water partition coefficient (Wildman–Crippen LogP) is 3.23. The van der Waals surface area contributed by atoms with Gasteiger partial charge in [0, 0.05) is 12.6 Å². The van der Waals surface area contributed by atoms with E-state index < -0.39 is 0 Å². The number of nitrogens with zero attached hydrogens (tertiary/aromatic N) is 2. The molecule has 0 radical (unpaired) electrons. The van der Waals surface area contributed by atoms with Crippen LogP contribution in [0.2, 0.25) is 0 Å². The molecule has 1 amide bonds. The second-order valence-electron chi connectivity index (χ2n) is 5.98. The maximum atomic E-state index is 12.5. The molecular weight excluding hydrogens is 302 g/mol. The quantitative estimate of drug-likeness (QED) is 0.849. The summed E-state index contributed by atoms with van der Waals surface area (Å²) >= 11 is 0. The average molecular weight is 327 g/mol. The molecule has 1 aromatic heterocycles. The number of aryl methyl sites for hydroxylation is 2. The molecule has 1 unspecified atom stereocenters. The summed E-state index contributed by atoms with van der Waals surface area (Å²) in [4.78, 5) is 24.3. The van der Waals surface area contributed by atoms with Gasteiger partial charge in [0.1, 0.15) is 5.69 Å². The second-order valence-corrected chi connectivity index (χ2v) is 5.98. The highest BCUT2D eigenvalue weighted by Crippen LogP contribution is 2.17. The van der Waals surface area contributed by atoms with Gasteiger partial charge in [-0.3, -0.25) is 9.59 Å². The summed E-state index contributed by atoms with van der Waals surface area (Å²) in [5.41, 5.74) is 2.35. The van der Waals surface area contributed by atoms with Gasteiger partial charge in [0.2, 0.25) is 0 Å². The topological polar surface area (TPSA) is 64.0 Å². The number of carbonyl (C=O) groups is 1. The molecule has 0 bridgehead atoms. The molecule has 0 aliphatic carbocycles. The zero-order valence-electron chi connectivity index (χ0n) is 14.6. The lowest BCUT2D eigenvalue weighted by Gasteiger charge is -2.17. The third-order valence-electron chi connectivity index (χ3n) is 4.02. The maximum absolute atomic E-state index is 12.5. The Bertz CT molecular complexity index is 735. The monoisotopic (exact) mass is 327 g/mol. The Hall–Kier alpha value is -2.43. The Kier molecular flexibility index (Phi) is 6.29. The fourth-order valence-corrected chi connectivity index (χ4v) is 2.49. The molecule has 24 heavy (non-hydrogen) atoms. The lowest BCUT2D eigenvalue weighted by molar-refractivity contribution is 0.0928. The highest BCUT2D eigenvalue weighted by molar-refractivity contribution is 5.92. The predicted molar refractivity (Wildman–Crippen MR) is 95.1 cm³/mol. The zero-order chi connectivity index (χ0) is 17.5. The van der Waals surface area contributed by atoms with Gasteiger partial charge < -0.3 is 5.32 Å². The van der Waals surface area contributed by atoms with Gasteiger partial charge in [0.05, 0.1) is 6.04 Å². The Morgan fingerprint density at radius 3 is 2.50 bits per heavy atom. The van der Waals surface area contributed by atoms with E-state index in [1.54, 1.807) is 0 Å². The zero-order valence-corrected chi connectivity index (χ0v) is 14.6. The molecule has 0 saturated carbocycles. The molecule has 0 saturated heterocycles. The van der Waals surface area contributed by atoms with Crippen molar-refractivity contribution in [2.75, 3.05) is 0 Å². The number of benzene rings is 1. The van der Waals surface area contributed by atoms with Crippen LogP contribution in [0.25, 0.3) is 0 Å². The molecule has 1 heterocycles. The van der Waals surface area contributed by atoms with Gasteiger partial charge in [0.25, 0.3) is 11.5 Å². The number of hydrogen-bond donors (Lipinski definition) is 1. The molecule has 0 aliphatic heterocycles. The van der Waals surface area contributed by atoms with E-state index in [1.165, 1.54) is 22.4 Å². The maximum Gasteiger partial charge on any atom is 0.272 e.